The lowest BCUT2D eigenvalue weighted by atomic mass is 10.2. The number of nitrogens with zero attached hydrogens (tertiary/aromatic N) is 1. The van der Waals surface area contributed by atoms with Crippen LogP contribution in [0.25, 0.3) is 0 Å². The molecule has 0 aromatic heterocycles. The molecular formula is C7H5Cl2NO. The van der Waals surface area contributed by atoms with Gasteiger partial charge in [-0.15, -0.1) is 0 Å². The van der Waals surface area contributed by atoms with Crippen molar-refractivity contribution in [2.75, 3.05) is 0 Å². The van der Waals surface area contributed by atoms with Crippen molar-refractivity contribution in [3.8, 4) is 0 Å². The Kier molecular flexibility index (Phi) is 2.74. The summed E-state index contributed by atoms with van der Waals surface area (Å²) >= 11 is 11.2. The zero-order valence-electron chi connectivity index (χ0n) is 5.46. The lowest BCUT2D eigenvalue weighted by Gasteiger charge is -1.97. The summed E-state index contributed by atoms with van der Waals surface area (Å²) in [6.07, 6.45) is 0. The van der Waals surface area contributed by atoms with E-state index in [0.717, 1.165) is 0 Å². The first-order valence-electron chi connectivity index (χ1n) is 2.88. The Balaban J connectivity index is 3.14. The highest BCUT2D eigenvalue weighted by Crippen LogP contribution is 2.17. The molecule has 0 aliphatic carbocycles. The quantitative estimate of drug-likeness (QED) is 0.412. The van der Waals surface area contributed by atoms with Crippen molar-refractivity contribution in [3.05, 3.63) is 34.9 Å². The number of oxime groups is 1. The fraction of sp³-hybridized carbons (Fsp3) is 0. The maximum atomic E-state index is 8.31. The molecule has 4 heteroatoms. The first-order chi connectivity index (χ1) is 5.25. The van der Waals surface area contributed by atoms with Gasteiger partial charge in [-0.05, 0) is 6.07 Å². The minimum absolute atomic E-state index is 0.00407. The van der Waals surface area contributed by atoms with Gasteiger partial charge in [0.05, 0.1) is 5.02 Å². The monoisotopic (exact) mass is 189 g/mol. The molecule has 0 atom stereocenters. The molecule has 0 spiro atoms. The zero-order chi connectivity index (χ0) is 8.27. The van der Waals surface area contributed by atoms with Gasteiger partial charge in [0.1, 0.15) is 0 Å². The zero-order valence-corrected chi connectivity index (χ0v) is 6.97. The maximum Gasteiger partial charge on any atom is 0.176 e. The Morgan fingerprint density at radius 1 is 1.36 bits per heavy atom. The largest absolute Gasteiger partial charge is 0.410 e. The predicted molar refractivity (Wildman–Crippen MR) is 45.6 cm³/mol. The van der Waals surface area contributed by atoms with Crippen LogP contribution in [0.3, 0.4) is 0 Å². The molecular weight excluding hydrogens is 185 g/mol. The van der Waals surface area contributed by atoms with E-state index in [1.165, 1.54) is 0 Å². The van der Waals surface area contributed by atoms with Crippen molar-refractivity contribution < 1.29 is 5.21 Å². The highest BCUT2D eigenvalue weighted by molar-refractivity contribution is 6.70. The number of rotatable bonds is 1. The molecule has 2 nitrogen and oxygen atoms in total. The van der Waals surface area contributed by atoms with Crippen LogP contribution < -0.4 is 0 Å². The van der Waals surface area contributed by atoms with Crippen molar-refractivity contribution in [1.82, 2.24) is 0 Å². The van der Waals surface area contributed by atoms with Gasteiger partial charge in [-0.1, -0.05) is 46.6 Å². The van der Waals surface area contributed by atoms with Crippen LogP contribution in [0.2, 0.25) is 5.02 Å². The molecule has 0 saturated carbocycles. The van der Waals surface area contributed by atoms with Gasteiger partial charge in [0.2, 0.25) is 0 Å². The Morgan fingerprint density at radius 3 is 2.55 bits per heavy atom. The summed E-state index contributed by atoms with van der Waals surface area (Å²) in [5.74, 6) is 0. The minimum Gasteiger partial charge on any atom is -0.410 e. The molecule has 0 radical (unpaired) electrons. The first-order valence-corrected chi connectivity index (χ1v) is 3.63. The molecule has 0 unspecified atom stereocenters. The molecule has 58 valence electrons. The van der Waals surface area contributed by atoms with E-state index >= 15 is 0 Å². The van der Waals surface area contributed by atoms with Crippen molar-refractivity contribution >= 4 is 28.4 Å². The Morgan fingerprint density at radius 2 is 2.00 bits per heavy atom. The molecule has 1 aromatic carbocycles. The van der Waals surface area contributed by atoms with E-state index < -0.39 is 0 Å². The fourth-order valence-corrected chi connectivity index (χ4v) is 1.12. The summed E-state index contributed by atoms with van der Waals surface area (Å²) in [6.45, 7) is 0. The summed E-state index contributed by atoms with van der Waals surface area (Å²) in [5.41, 5.74) is 0.526. The number of halogens is 2. The van der Waals surface area contributed by atoms with E-state index in [2.05, 4.69) is 5.16 Å². The van der Waals surface area contributed by atoms with Crippen LogP contribution in [0.5, 0.6) is 0 Å². The third kappa shape index (κ3) is 1.85. The van der Waals surface area contributed by atoms with Gasteiger partial charge in [0.25, 0.3) is 0 Å². The van der Waals surface area contributed by atoms with Gasteiger partial charge < -0.3 is 5.21 Å². The highest BCUT2D eigenvalue weighted by Gasteiger charge is 2.03. The van der Waals surface area contributed by atoms with Gasteiger partial charge in [0, 0.05) is 5.56 Å². The first kappa shape index (κ1) is 8.37. The molecule has 0 amide bonds. The van der Waals surface area contributed by atoms with Crippen LogP contribution in [0.1, 0.15) is 5.56 Å². The van der Waals surface area contributed by atoms with E-state index in [4.69, 9.17) is 28.4 Å². The summed E-state index contributed by atoms with van der Waals surface area (Å²) in [7, 11) is 0. The summed E-state index contributed by atoms with van der Waals surface area (Å²) < 4.78 is 0. The third-order valence-corrected chi connectivity index (χ3v) is 1.79. The van der Waals surface area contributed by atoms with E-state index in [1.807, 2.05) is 0 Å². The van der Waals surface area contributed by atoms with Gasteiger partial charge in [0.15, 0.2) is 5.17 Å². The van der Waals surface area contributed by atoms with Gasteiger partial charge >= 0.3 is 0 Å². The highest BCUT2D eigenvalue weighted by atomic mass is 35.5. The van der Waals surface area contributed by atoms with Crippen molar-refractivity contribution in [3.63, 3.8) is 0 Å². The Bertz CT molecular complexity index is 286. The van der Waals surface area contributed by atoms with Crippen molar-refractivity contribution in [2.24, 2.45) is 5.16 Å². The van der Waals surface area contributed by atoms with Crippen LogP contribution in [0.15, 0.2) is 29.4 Å². The number of hydrogen-bond acceptors (Lipinski definition) is 2. The van der Waals surface area contributed by atoms with Gasteiger partial charge in [-0.3, -0.25) is 0 Å². The molecule has 0 aliphatic heterocycles. The lowest BCUT2D eigenvalue weighted by molar-refractivity contribution is 0.321. The fourth-order valence-electron chi connectivity index (χ4n) is 0.682. The van der Waals surface area contributed by atoms with Gasteiger partial charge in [-0.2, -0.15) is 0 Å². The molecule has 0 fully saturated rings. The summed E-state index contributed by atoms with van der Waals surface area (Å²) in [4.78, 5) is 0. The van der Waals surface area contributed by atoms with E-state index in [9.17, 15) is 0 Å². The summed E-state index contributed by atoms with van der Waals surface area (Å²) in [6, 6.07) is 6.87. The normalized spacial score (nSPS) is 11.6. The van der Waals surface area contributed by atoms with Crippen LogP contribution in [0, 0.1) is 0 Å². The van der Waals surface area contributed by atoms with E-state index in [0.29, 0.717) is 10.6 Å². The van der Waals surface area contributed by atoms with Crippen LogP contribution in [0.4, 0.5) is 0 Å². The van der Waals surface area contributed by atoms with E-state index in [1.54, 1.807) is 24.3 Å². The van der Waals surface area contributed by atoms with Crippen LogP contribution >= 0.6 is 23.2 Å². The number of benzene rings is 1. The smallest absolute Gasteiger partial charge is 0.176 e. The molecule has 0 bridgehead atoms. The molecule has 1 N–H and O–H groups in total. The molecule has 0 aliphatic rings. The maximum absolute atomic E-state index is 8.31. The number of hydrogen-bond donors (Lipinski definition) is 1. The second-order valence-electron chi connectivity index (χ2n) is 1.87. The second kappa shape index (κ2) is 3.60. The second-order valence-corrected chi connectivity index (χ2v) is 2.64. The third-order valence-electron chi connectivity index (χ3n) is 1.18. The Labute approximate surface area is 74.0 Å². The molecule has 0 saturated heterocycles. The van der Waals surface area contributed by atoms with E-state index in [-0.39, 0.29) is 5.17 Å². The van der Waals surface area contributed by atoms with Gasteiger partial charge in [-0.25, -0.2) is 0 Å². The molecule has 1 rings (SSSR count). The molecule has 11 heavy (non-hydrogen) atoms. The topological polar surface area (TPSA) is 32.6 Å². The SMILES string of the molecule is ON=C(Cl)c1ccccc1Cl. The van der Waals surface area contributed by atoms with Crippen molar-refractivity contribution in [2.45, 2.75) is 0 Å². The molecule has 0 heterocycles. The Hall–Kier alpha value is -0.730. The predicted octanol–water partition coefficient (Wildman–Crippen LogP) is 2.71. The minimum atomic E-state index is -0.00407. The average Bonchev–Trinajstić information content (AvgIpc) is 2.04. The summed E-state index contributed by atoms with van der Waals surface area (Å²) in [5, 5.41) is 11.6. The lowest BCUT2D eigenvalue weighted by Crippen LogP contribution is -1.90. The van der Waals surface area contributed by atoms with Crippen molar-refractivity contribution in [1.29, 1.82) is 0 Å². The van der Waals surface area contributed by atoms with Crippen LogP contribution in [-0.2, 0) is 0 Å². The molecule has 1 aromatic rings. The standard InChI is InChI=1S/C7H5Cl2NO/c8-6-4-2-1-3-5(6)7(9)10-11/h1-4,11H. The average molecular weight is 190 g/mol. The van der Waals surface area contributed by atoms with Crippen LogP contribution in [-0.4, -0.2) is 10.4 Å².